The largest absolute Gasteiger partial charge is 0.472 e. The highest BCUT2D eigenvalue weighted by Crippen LogP contribution is 2.45. The number of aliphatic hydroxyl groups excluding tert-OH is 2. The number of carbonyl (C=O) groups is 3. The zero-order valence-corrected chi connectivity index (χ0v) is 68.8. The SMILES string of the molecule is CC/C=C\C/C=C\C/C=C\C/C=C\C/C=C\C/C=C\CCCCCCCCCCCCC(=O)OCC(O)COP(=O)(O)OCC(O)COP(=O)(O)OCC(COC(=O)CCCCCCCCCCCCC/C=C\C/C=C\C/C=C\C/C=C\CCCCC)OC(=O)CCCCCCC/C=C\C/C=C\C/C=C\CC. The average Bonchev–Trinajstić information content (AvgIpc) is 0.914. The summed E-state index contributed by atoms with van der Waals surface area (Å²) >= 11 is 0. The smallest absolute Gasteiger partial charge is 0.463 e. The van der Waals surface area contributed by atoms with Gasteiger partial charge in [0.05, 0.1) is 26.4 Å². The maximum absolute atomic E-state index is 13.0. The molecule has 0 aliphatic heterocycles. The summed E-state index contributed by atoms with van der Waals surface area (Å²) < 4.78 is 61.2. The van der Waals surface area contributed by atoms with Gasteiger partial charge in [-0.3, -0.25) is 32.5 Å². The molecule has 5 atom stereocenters. The Labute approximate surface area is 650 Å². The van der Waals surface area contributed by atoms with Crippen molar-refractivity contribution in [2.45, 2.75) is 347 Å². The first kappa shape index (κ1) is 102. The molecule has 0 aromatic rings. The van der Waals surface area contributed by atoms with E-state index < -0.39 is 91.5 Å². The Hall–Kier alpha value is -4.83. The lowest BCUT2D eigenvalue weighted by Crippen LogP contribution is -2.30. The van der Waals surface area contributed by atoms with Crippen molar-refractivity contribution in [2.75, 3.05) is 39.6 Å². The molecule has 0 rings (SSSR count). The predicted molar refractivity (Wildman–Crippen MR) is 445 cm³/mol. The Morgan fingerprint density at radius 2 is 0.495 bits per heavy atom. The lowest BCUT2D eigenvalue weighted by molar-refractivity contribution is -0.161. The van der Waals surface area contributed by atoms with Crippen LogP contribution in [0.2, 0.25) is 0 Å². The number of allylic oxidation sites excluding steroid dienone is 26. The highest BCUT2D eigenvalue weighted by atomic mass is 31.2. The summed E-state index contributed by atoms with van der Waals surface area (Å²) in [6.07, 6.45) is 101. The number of ether oxygens (including phenoxy) is 3. The van der Waals surface area contributed by atoms with Crippen molar-refractivity contribution in [3.63, 3.8) is 0 Å². The fourth-order valence-electron chi connectivity index (χ4n) is 10.9. The molecule has 0 fully saturated rings. The van der Waals surface area contributed by atoms with E-state index in [0.717, 1.165) is 173 Å². The zero-order chi connectivity index (χ0) is 78.0. The summed E-state index contributed by atoms with van der Waals surface area (Å²) in [5.74, 6) is -1.60. The first-order valence-corrected chi connectivity index (χ1v) is 44.8. The second kappa shape index (κ2) is 80.7. The van der Waals surface area contributed by atoms with Crippen LogP contribution in [0.15, 0.2) is 158 Å². The quantitative estimate of drug-likeness (QED) is 0.0146. The van der Waals surface area contributed by atoms with Gasteiger partial charge in [0.2, 0.25) is 0 Å². The number of phosphoric acid groups is 2. The van der Waals surface area contributed by atoms with Crippen molar-refractivity contribution in [2.24, 2.45) is 0 Å². The lowest BCUT2D eigenvalue weighted by Gasteiger charge is -2.21. The molecule has 0 aliphatic carbocycles. The van der Waals surface area contributed by atoms with Crippen LogP contribution in [0.4, 0.5) is 0 Å². The number of phosphoric ester groups is 2. The van der Waals surface area contributed by atoms with Crippen molar-refractivity contribution in [3.8, 4) is 0 Å². The molecule has 0 aliphatic rings. The summed E-state index contributed by atoms with van der Waals surface area (Å²) in [5, 5.41) is 20.7. The van der Waals surface area contributed by atoms with Crippen LogP contribution in [-0.2, 0) is 55.8 Å². The van der Waals surface area contributed by atoms with E-state index in [9.17, 15) is 43.5 Å². The van der Waals surface area contributed by atoms with Gasteiger partial charge in [-0.25, -0.2) is 9.13 Å². The molecule has 0 aromatic carbocycles. The Balaban J connectivity index is 4.55. The molecule has 0 saturated carbocycles. The van der Waals surface area contributed by atoms with E-state index >= 15 is 0 Å². The molecule has 0 bridgehead atoms. The first-order valence-electron chi connectivity index (χ1n) is 41.8. The fourth-order valence-corrected chi connectivity index (χ4v) is 12.5. The van der Waals surface area contributed by atoms with E-state index in [2.05, 4.69) is 179 Å². The van der Waals surface area contributed by atoms with Crippen molar-refractivity contribution in [1.29, 1.82) is 0 Å². The Morgan fingerprint density at radius 1 is 0.271 bits per heavy atom. The summed E-state index contributed by atoms with van der Waals surface area (Å²) in [5.41, 5.74) is 0. The van der Waals surface area contributed by atoms with Crippen LogP contribution >= 0.6 is 15.6 Å². The second-order valence-corrected chi connectivity index (χ2v) is 30.4. The summed E-state index contributed by atoms with van der Waals surface area (Å²) in [4.78, 5) is 58.8. The number of carbonyl (C=O) groups excluding carboxylic acids is 3. The van der Waals surface area contributed by atoms with Crippen LogP contribution in [0, 0.1) is 0 Å². The van der Waals surface area contributed by atoms with Crippen LogP contribution in [0.1, 0.15) is 329 Å². The van der Waals surface area contributed by atoms with Gasteiger partial charge in [-0.15, -0.1) is 0 Å². The van der Waals surface area contributed by atoms with Gasteiger partial charge in [-0.05, 0) is 148 Å². The number of hydrogen-bond donors (Lipinski definition) is 4. The van der Waals surface area contributed by atoms with E-state index in [1.54, 1.807) is 0 Å². The van der Waals surface area contributed by atoms with Crippen LogP contribution in [-0.4, -0.2) is 95.9 Å². The summed E-state index contributed by atoms with van der Waals surface area (Å²) in [6.45, 7) is 2.41. The van der Waals surface area contributed by atoms with Gasteiger partial charge in [-0.1, -0.05) is 320 Å². The maximum Gasteiger partial charge on any atom is 0.472 e. The van der Waals surface area contributed by atoms with Gasteiger partial charge in [0, 0.05) is 19.3 Å². The third kappa shape index (κ3) is 82.0. The maximum atomic E-state index is 13.0. The Morgan fingerprint density at radius 3 is 0.785 bits per heavy atom. The van der Waals surface area contributed by atoms with E-state index in [4.69, 9.17) is 32.3 Å². The highest BCUT2D eigenvalue weighted by molar-refractivity contribution is 7.47. The fraction of sp³-hybridized carbons (Fsp3) is 0.674. The third-order valence-corrected chi connectivity index (χ3v) is 19.1. The number of unbranched alkanes of at least 4 members (excludes halogenated alkanes) is 29. The average molecular weight is 1540 g/mol. The van der Waals surface area contributed by atoms with E-state index in [1.807, 2.05) is 0 Å². The Kier molecular flexibility index (Phi) is 77.0. The molecule has 16 nitrogen and oxygen atoms in total. The number of esters is 3. The van der Waals surface area contributed by atoms with Gasteiger partial charge >= 0.3 is 33.6 Å². The normalized spacial score (nSPS) is 14.7. The summed E-state index contributed by atoms with van der Waals surface area (Å²) in [7, 11) is -9.81. The van der Waals surface area contributed by atoms with Crippen LogP contribution in [0.3, 0.4) is 0 Å². The Bertz CT molecular complexity index is 2580. The first-order chi connectivity index (χ1) is 52.2. The van der Waals surface area contributed by atoms with Gasteiger partial charge < -0.3 is 34.2 Å². The van der Waals surface area contributed by atoms with Gasteiger partial charge in [-0.2, -0.15) is 0 Å². The number of aliphatic hydroxyl groups is 2. The summed E-state index contributed by atoms with van der Waals surface area (Å²) in [6, 6.07) is 0. The predicted octanol–water partition coefficient (Wildman–Crippen LogP) is 25.0. The molecule has 0 spiro atoms. The molecule has 107 heavy (non-hydrogen) atoms. The number of hydrogen-bond acceptors (Lipinski definition) is 14. The zero-order valence-electron chi connectivity index (χ0n) is 67.0. The van der Waals surface area contributed by atoms with E-state index in [-0.39, 0.29) is 19.3 Å². The molecule has 0 aromatic heterocycles. The van der Waals surface area contributed by atoms with Crippen LogP contribution in [0.25, 0.3) is 0 Å². The van der Waals surface area contributed by atoms with Crippen LogP contribution < -0.4 is 0 Å². The minimum atomic E-state index is -4.94. The molecule has 0 amide bonds. The van der Waals surface area contributed by atoms with Crippen LogP contribution in [0.5, 0.6) is 0 Å². The minimum absolute atomic E-state index is 0.0809. The van der Waals surface area contributed by atoms with Gasteiger partial charge in [0.1, 0.15) is 25.4 Å². The topological polar surface area (TPSA) is 231 Å². The van der Waals surface area contributed by atoms with Gasteiger partial charge in [0.15, 0.2) is 6.10 Å². The standard InChI is InChI=1S/C89H150O16P2/c1-4-7-10-13-16-19-22-25-28-30-32-34-36-38-40-41-43-45-46-48-50-52-55-57-60-63-66-69-72-75-87(92)99-78-84(90)79-101-106(95,96)102-80-85(91)81-103-107(97,98)104-83-86(105-89(94)77-74-71-68-65-62-59-54-27-24-21-18-15-12-9-6-3)82-100-88(93)76-73-70-67-64-61-58-56-53-51-49-47-44-42-39-37-35-33-31-29-26-23-20-17-14-11-8-5-2/h7,9-10,12,16-21,25-29,32-35,38-40,42-43,45,54,84-86,90-91H,4-6,8,11,13-15,22-24,30-31,36-37,41,44,46-53,55-83H2,1-3H3,(H,95,96)(H,97,98)/b10-7-,12-9-,19-16-,20-17-,21-18-,28-25-,29-26-,34-32-,35-33-,40-38-,42-39-,45-43-,54-27-. The second-order valence-electron chi connectivity index (χ2n) is 27.5. The third-order valence-electron chi connectivity index (χ3n) is 17.2. The van der Waals surface area contributed by atoms with E-state index in [1.165, 1.54) is 96.3 Å². The van der Waals surface area contributed by atoms with E-state index in [0.29, 0.717) is 19.3 Å². The van der Waals surface area contributed by atoms with Crippen molar-refractivity contribution < 1.29 is 75.8 Å². The molecule has 612 valence electrons. The van der Waals surface area contributed by atoms with Crippen molar-refractivity contribution in [1.82, 2.24) is 0 Å². The molecule has 5 unspecified atom stereocenters. The molecule has 4 N–H and O–H groups in total. The molecular formula is C89H150O16P2. The molecule has 0 saturated heterocycles. The molecule has 18 heteroatoms. The lowest BCUT2D eigenvalue weighted by atomic mass is 10.0. The monoisotopic (exact) mass is 1540 g/mol. The highest BCUT2D eigenvalue weighted by Gasteiger charge is 2.29. The molecular weight excluding hydrogens is 1390 g/mol. The van der Waals surface area contributed by atoms with Crippen molar-refractivity contribution in [3.05, 3.63) is 158 Å². The molecule has 0 radical (unpaired) electrons. The number of rotatable bonds is 78. The molecule has 0 heterocycles. The minimum Gasteiger partial charge on any atom is -0.463 e. The van der Waals surface area contributed by atoms with Gasteiger partial charge in [0.25, 0.3) is 0 Å². The van der Waals surface area contributed by atoms with Crippen molar-refractivity contribution >= 4 is 33.6 Å².